The van der Waals surface area contributed by atoms with Crippen LogP contribution in [0.2, 0.25) is 10.0 Å². The minimum absolute atomic E-state index is 0.692. The first-order valence-corrected chi connectivity index (χ1v) is 7.30. The standard InChI is InChI=1S/C13H14Cl2N2S/c1-3-13-17-7-9(18-13)6-16-12-5-10(14)8(2)4-11(12)15/h4-5,7,16H,3,6H2,1-2H3. The quantitative estimate of drug-likeness (QED) is 0.866. The van der Waals surface area contributed by atoms with Crippen molar-refractivity contribution in [2.45, 2.75) is 26.8 Å². The number of rotatable bonds is 4. The average molecular weight is 301 g/mol. The van der Waals surface area contributed by atoms with Gasteiger partial charge in [-0.3, -0.25) is 0 Å². The number of aryl methyl sites for hydroxylation is 2. The Balaban J connectivity index is 2.08. The van der Waals surface area contributed by atoms with E-state index in [0.29, 0.717) is 5.02 Å². The molecule has 0 aliphatic carbocycles. The summed E-state index contributed by atoms with van der Waals surface area (Å²) in [6.45, 7) is 4.76. The van der Waals surface area contributed by atoms with Crippen molar-refractivity contribution < 1.29 is 0 Å². The van der Waals surface area contributed by atoms with Crippen LogP contribution in [-0.2, 0) is 13.0 Å². The van der Waals surface area contributed by atoms with Gasteiger partial charge in [-0.2, -0.15) is 0 Å². The van der Waals surface area contributed by atoms with Crippen molar-refractivity contribution in [2.24, 2.45) is 0 Å². The van der Waals surface area contributed by atoms with Gasteiger partial charge in [-0.1, -0.05) is 30.1 Å². The van der Waals surface area contributed by atoms with Crippen molar-refractivity contribution in [2.75, 3.05) is 5.32 Å². The van der Waals surface area contributed by atoms with Gasteiger partial charge in [0, 0.05) is 16.1 Å². The summed E-state index contributed by atoms with van der Waals surface area (Å²) in [7, 11) is 0. The van der Waals surface area contributed by atoms with Crippen molar-refractivity contribution in [1.82, 2.24) is 4.98 Å². The number of halogens is 2. The Labute approximate surface area is 121 Å². The lowest BCUT2D eigenvalue weighted by Crippen LogP contribution is -1.98. The Morgan fingerprint density at radius 3 is 2.72 bits per heavy atom. The summed E-state index contributed by atoms with van der Waals surface area (Å²) in [6.07, 6.45) is 2.88. The highest BCUT2D eigenvalue weighted by molar-refractivity contribution is 7.11. The Morgan fingerprint density at radius 1 is 1.28 bits per heavy atom. The van der Waals surface area contributed by atoms with Gasteiger partial charge in [0.15, 0.2) is 0 Å². The van der Waals surface area contributed by atoms with Gasteiger partial charge in [0.2, 0.25) is 0 Å². The van der Waals surface area contributed by atoms with E-state index in [-0.39, 0.29) is 0 Å². The van der Waals surface area contributed by atoms with Gasteiger partial charge >= 0.3 is 0 Å². The number of thiazole rings is 1. The number of nitrogens with one attached hydrogen (secondary N) is 1. The predicted octanol–water partition coefficient (Wildman–Crippen LogP) is 4.93. The topological polar surface area (TPSA) is 24.9 Å². The van der Waals surface area contributed by atoms with Gasteiger partial charge in [0.25, 0.3) is 0 Å². The molecule has 5 heteroatoms. The fourth-order valence-electron chi connectivity index (χ4n) is 1.56. The summed E-state index contributed by atoms with van der Waals surface area (Å²) in [5.74, 6) is 0. The van der Waals surface area contributed by atoms with Gasteiger partial charge in [-0.15, -0.1) is 11.3 Å². The van der Waals surface area contributed by atoms with E-state index in [1.165, 1.54) is 4.88 Å². The number of benzene rings is 1. The molecule has 2 nitrogen and oxygen atoms in total. The molecule has 2 rings (SSSR count). The minimum Gasteiger partial charge on any atom is -0.379 e. The highest BCUT2D eigenvalue weighted by Crippen LogP contribution is 2.29. The van der Waals surface area contributed by atoms with Crippen LogP contribution >= 0.6 is 34.5 Å². The van der Waals surface area contributed by atoms with Crippen molar-refractivity contribution in [3.8, 4) is 0 Å². The van der Waals surface area contributed by atoms with E-state index in [0.717, 1.165) is 34.2 Å². The molecule has 1 aromatic heterocycles. The van der Waals surface area contributed by atoms with Gasteiger partial charge in [-0.25, -0.2) is 4.98 Å². The van der Waals surface area contributed by atoms with Crippen molar-refractivity contribution in [3.05, 3.63) is 43.8 Å². The maximum absolute atomic E-state index is 6.17. The van der Waals surface area contributed by atoms with Crippen molar-refractivity contribution in [1.29, 1.82) is 0 Å². The lowest BCUT2D eigenvalue weighted by molar-refractivity contribution is 1.09. The monoisotopic (exact) mass is 300 g/mol. The molecule has 0 aliphatic rings. The van der Waals surface area contributed by atoms with Crippen LogP contribution in [0.5, 0.6) is 0 Å². The molecule has 0 aliphatic heterocycles. The SMILES string of the molecule is CCc1ncc(CNc2cc(Cl)c(C)cc2Cl)s1. The molecule has 2 aromatic rings. The van der Waals surface area contributed by atoms with Crippen LogP contribution in [0.4, 0.5) is 5.69 Å². The summed E-state index contributed by atoms with van der Waals surface area (Å²) in [5.41, 5.74) is 1.84. The first-order chi connectivity index (χ1) is 8.60. The predicted molar refractivity (Wildman–Crippen MR) is 80.0 cm³/mol. The van der Waals surface area contributed by atoms with Crippen LogP contribution in [0.1, 0.15) is 22.4 Å². The molecule has 1 heterocycles. The van der Waals surface area contributed by atoms with E-state index in [1.54, 1.807) is 11.3 Å². The molecular weight excluding hydrogens is 287 g/mol. The lowest BCUT2D eigenvalue weighted by Gasteiger charge is -2.09. The summed E-state index contributed by atoms with van der Waals surface area (Å²) in [4.78, 5) is 5.51. The normalized spacial score (nSPS) is 10.7. The van der Waals surface area contributed by atoms with Crippen LogP contribution in [0.15, 0.2) is 18.3 Å². The maximum Gasteiger partial charge on any atom is 0.0925 e. The summed E-state index contributed by atoms with van der Waals surface area (Å²) >= 11 is 14.0. The first-order valence-electron chi connectivity index (χ1n) is 5.73. The largest absolute Gasteiger partial charge is 0.379 e. The van der Waals surface area contributed by atoms with Crippen LogP contribution < -0.4 is 5.32 Å². The lowest BCUT2D eigenvalue weighted by atomic mass is 10.2. The third-order valence-corrected chi connectivity index (χ3v) is 4.47. The molecule has 1 N–H and O–H groups in total. The number of nitrogens with zero attached hydrogens (tertiary/aromatic N) is 1. The van der Waals surface area contributed by atoms with E-state index >= 15 is 0 Å². The minimum atomic E-state index is 0.692. The molecule has 18 heavy (non-hydrogen) atoms. The van der Waals surface area contributed by atoms with Crippen molar-refractivity contribution >= 4 is 40.2 Å². The molecule has 96 valence electrons. The van der Waals surface area contributed by atoms with Crippen LogP contribution in [0, 0.1) is 6.92 Å². The Kier molecular flexibility index (Phi) is 4.49. The van der Waals surface area contributed by atoms with E-state index in [4.69, 9.17) is 23.2 Å². The van der Waals surface area contributed by atoms with E-state index in [9.17, 15) is 0 Å². The molecule has 0 saturated carbocycles. The molecule has 0 atom stereocenters. The first kappa shape index (κ1) is 13.7. The fourth-order valence-corrected chi connectivity index (χ4v) is 2.81. The zero-order valence-corrected chi connectivity index (χ0v) is 12.6. The second-order valence-electron chi connectivity index (χ2n) is 4.01. The summed E-state index contributed by atoms with van der Waals surface area (Å²) in [5, 5.41) is 5.86. The average Bonchev–Trinajstić information content (AvgIpc) is 2.80. The Hall–Kier alpha value is -0.770. The Bertz CT molecular complexity index is 552. The maximum atomic E-state index is 6.17. The summed E-state index contributed by atoms with van der Waals surface area (Å²) in [6, 6.07) is 3.73. The van der Waals surface area contributed by atoms with Crippen LogP contribution in [-0.4, -0.2) is 4.98 Å². The third-order valence-electron chi connectivity index (χ3n) is 2.61. The van der Waals surface area contributed by atoms with E-state index in [1.807, 2.05) is 25.3 Å². The number of aromatic nitrogens is 1. The van der Waals surface area contributed by atoms with Crippen molar-refractivity contribution in [3.63, 3.8) is 0 Å². The molecule has 0 spiro atoms. The third kappa shape index (κ3) is 3.16. The van der Waals surface area contributed by atoms with Gasteiger partial charge < -0.3 is 5.32 Å². The molecule has 0 unspecified atom stereocenters. The zero-order valence-electron chi connectivity index (χ0n) is 10.3. The van der Waals surface area contributed by atoms with Gasteiger partial charge in [0.1, 0.15) is 0 Å². The molecule has 0 fully saturated rings. The fraction of sp³-hybridized carbons (Fsp3) is 0.308. The number of hydrogen-bond acceptors (Lipinski definition) is 3. The highest BCUT2D eigenvalue weighted by atomic mass is 35.5. The van der Waals surface area contributed by atoms with Crippen LogP contribution in [0.25, 0.3) is 0 Å². The molecule has 0 radical (unpaired) electrons. The van der Waals surface area contributed by atoms with Crippen LogP contribution in [0.3, 0.4) is 0 Å². The summed E-state index contributed by atoms with van der Waals surface area (Å²) < 4.78 is 0. The number of hydrogen-bond donors (Lipinski definition) is 1. The van der Waals surface area contributed by atoms with E-state index < -0.39 is 0 Å². The van der Waals surface area contributed by atoms with Gasteiger partial charge in [0.05, 0.1) is 22.3 Å². The second-order valence-corrected chi connectivity index (χ2v) is 6.02. The molecule has 0 amide bonds. The number of anilines is 1. The second kappa shape index (κ2) is 5.91. The molecule has 0 saturated heterocycles. The van der Waals surface area contributed by atoms with Gasteiger partial charge in [-0.05, 0) is 31.0 Å². The highest BCUT2D eigenvalue weighted by Gasteiger charge is 2.05. The molecule has 1 aromatic carbocycles. The zero-order chi connectivity index (χ0) is 13.1. The molecule has 0 bridgehead atoms. The smallest absolute Gasteiger partial charge is 0.0925 e. The Morgan fingerprint density at radius 2 is 2.06 bits per heavy atom. The molecular formula is C13H14Cl2N2S. The van der Waals surface area contributed by atoms with E-state index in [2.05, 4.69) is 17.2 Å².